The molecular weight excluding hydrogens is 312 g/mol. The first-order chi connectivity index (χ1) is 11.8. The van der Waals surface area contributed by atoms with Gasteiger partial charge in [-0.05, 0) is 49.1 Å². The van der Waals surface area contributed by atoms with E-state index in [1.165, 1.54) is 5.56 Å². The second kappa shape index (κ2) is 6.36. The second-order valence-corrected chi connectivity index (χ2v) is 7.22. The largest absolute Gasteiger partial charge is 0.352 e. The Hall–Kier alpha value is -2.62. The van der Waals surface area contributed by atoms with Crippen molar-refractivity contribution in [3.05, 3.63) is 64.7 Å². The van der Waals surface area contributed by atoms with Crippen molar-refractivity contribution in [1.29, 1.82) is 0 Å². The van der Waals surface area contributed by atoms with Crippen molar-refractivity contribution < 1.29 is 9.59 Å². The van der Waals surface area contributed by atoms with Crippen LogP contribution in [0.5, 0.6) is 0 Å². The molecule has 4 nitrogen and oxygen atoms in total. The number of likely N-dealkylation sites (N-methyl/N-ethyl adjacent to an activating group) is 1. The number of nitrogens with one attached hydrogen (secondary N) is 1. The molecule has 0 radical (unpaired) electrons. The van der Waals surface area contributed by atoms with Crippen molar-refractivity contribution in [2.75, 3.05) is 11.9 Å². The van der Waals surface area contributed by atoms with Gasteiger partial charge < -0.3 is 10.2 Å². The Kier molecular flexibility index (Phi) is 4.38. The number of amides is 2. The Morgan fingerprint density at radius 1 is 1.16 bits per heavy atom. The molecule has 3 rings (SSSR count). The van der Waals surface area contributed by atoms with Gasteiger partial charge in [0.05, 0.1) is 11.8 Å². The molecule has 2 aromatic carbocycles. The molecule has 0 atom stereocenters. The summed E-state index contributed by atoms with van der Waals surface area (Å²) in [5.41, 5.74) is 4.60. The summed E-state index contributed by atoms with van der Waals surface area (Å²) in [6.45, 7) is 6.43. The Morgan fingerprint density at radius 3 is 2.60 bits per heavy atom. The van der Waals surface area contributed by atoms with E-state index in [0.717, 1.165) is 22.4 Å². The van der Waals surface area contributed by atoms with E-state index >= 15 is 0 Å². The predicted octanol–water partition coefficient (Wildman–Crippen LogP) is 3.11. The first-order valence-electron chi connectivity index (χ1n) is 8.53. The average molecular weight is 336 g/mol. The molecule has 1 aliphatic heterocycles. The van der Waals surface area contributed by atoms with Gasteiger partial charge in [-0.2, -0.15) is 0 Å². The second-order valence-electron chi connectivity index (χ2n) is 7.22. The Balaban J connectivity index is 1.70. The third kappa shape index (κ3) is 3.16. The standard InChI is InChI=1S/C21H24N2O2/c1-14-7-5-6-8-16(14)13-22-19(24)12-15-9-10-18-17(11-15)21(2,3)20(25)23(18)4/h5-11H,12-13H2,1-4H3,(H,22,24). The molecule has 2 aromatic rings. The van der Waals surface area contributed by atoms with Crippen molar-refractivity contribution in [2.45, 2.75) is 39.2 Å². The molecular formula is C21H24N2O2. The molecule has 0 bridgehead atoms. The highest BCUT2D eigenvalue weighted by Crippen LogP contribution is 2.41. The van der Waals surface area contributed by atoms with Crippen LogP contribution in [0.25, 0.3) is 0 Å². The Morgan fingerprint density at radius 2 is 1.88 bits per heavy atom. The van der Waals surface area contributed by atoms with Gasteiger partial charge in [0.2, 0.25) is 11.8 Å². The number of fused-ring (bicyclic) bond motifs is 1. The quantitative estimate of drug-likeness (QED) is 0.933. The number of hydrogen-bond acceptors (Lipinski definition) is 2. The van der Waals surface area contributed by atoms with Gasteiger partial charge >= 0.3 is 0 Å². The monoisotopic (exact) mass is 336 g/mol. The highest BCUT2D eigenvalue weighted by atomic mass is 16.2. The van der Waals surface area contributed by atoms with E-state index < -0.39 is 5.41 Å². The van der Waals surface area contributed by atoms with Crippen LogP contribution in [0.4, 0.5) is 5.69 Å². The minimum Gasteiger partial charge on any atom is -0.352 e. The number of carbonyl (C=O) groups excluding carboxylic acids is 2. The molecule has 130 valence electrons. The molecule has 0 spiro atoms. The van der Waals surface area contributed by atoms with Crippen LogP contribution in [0.1, 0.15) is 36.1 Å². The molecule has 0 saturated heterocycles. The number of anilines is 1. The van der Waals surface area contributed by atoms with Gasteiger partial charge in [0.1, 0.15) is 0 Å². The number of nitrogens with zero attached hydrogens (tertiary/aromatic N) is 1. The van der Waals surface area contributed by atoms with E-state index in [4.69, 9.17) is 0 Å². The van der Waals surface area contributed by atoms with Gasteiger partial charge in [0.15, 0.2) is 0 Å². The third-order valence-corrected chi connectivity index (χ3v) is 5.04. The van der Waals surface area contributed by atoms with E-state index in [1.807, 2.05) is 63.2 Å². The van der Waals surface area contributed by atoms with Crippen LogP contribution >= 0.6 is 0 Å². The molecule has 1 aliphatic rings. The van der Waals surface area contributed by atoms with E-state index in [0.29, 0.717) is 13.0 Å². The summed E-state index contributed by atoms with van der Waals surface area (Å²) in [6.07, 6.45) is 0.313. The number of benzene rings is 2. The van der Waals surface area contributed by atoms with Crippen molar-refractivity contribution in [3.8, 4) is 0 Å². The maximum Gasteiger partial charge on any atom is 0.236 e. The Bertz CT molecular complexity index is 840. The third-order valence-electron chi connectivity index (χ3n) is 5.04. The Labute approximate surface area is 148 Å². The zero-order chi connectivity index (χ0) is 18.2. The van der Waals surface area contributed by atoms with Gasteiger partial charge in [-0.3, -0.25) is 9.59 Å². The number of hydrogen-bond donors (Lipinski definition) is 1. The van der Waals surface area contributed by atoms with E-state index in [-0.39, 0.29) is 11.8 Å². The van der Waals surface area contributed by atoms with Gasteiger partial charge in [-0.1, -0.05) is 36.4 Å². The molecule has 4 heteroatoms. The minimum atomic E-state index is -0.544. The maximum absolute atomic E-state index is 12.4. The van der Waals surface area contributed by atoms with Crippen LogP contribution in [0.15, 0.2) is 42.5 Å². The van der Waals surface area contributed by atoms with Crippen LogP contribution < -0.4 is 10.2 Å². The fourth-order valence-corrected chi connectivity index (χ4v) is 3.38. The minimum absolute atomic E-state index is 0.0151. The average Bonchev–Trinajstić information content (AvgIpc) is 2.75. The topological polar surface area (TPSA) is 49.4 Å². The molecule has 0 unspecified atom stereocenters. The molecule has 2 amide bonds. The highest BCUT2D eigenvalue weighted by molar-refractivity contribution is 6.07. The van der Waals surface area contributed by atoms with E-state index in [1.54, 1.807) is 11.9 Å². The van der Waals surface area contributed by atoms with Crippen LogP contribution in [-0.4, -0.2) is 18.9 Å². The summed E-state index contributed by atoms with van der Waals surface area (Å²) in [7, 11) is 1.80. The number of carbonyl (C=O) groups is 2. The summed E-state index contributed by atoms with van der Waals surface area (Å²) in [5.74, 6) is 0.0716. The fourth-order valence-electron chi connectivity index (χ4n) is 3.38. The van der Waals surface area contributed by atoms with Gasteiger partial charge in [0, 0.05) is 19.3 Å². The maximum atomic E-state index is 12.4. The summed E-state index contributed by atoms with van der Waals surface area (Å²) < 4.78 is 0. The molecule has 0 aromatic heterocycles. The predicted molar refractivity (Wildman–Crippen MR) is 99.6 cm³/mol. The summed E-state index contributed by atoms with van der Waals surface area (Å²) in [6, 6.07) is 13.9. The first-order valence-corrected chi connectivity index (χ1v) is 8.53. The normalized spacial score (nSPS) is 15.2. The van der Waals surface area contributed by atoms with E-state index in [2.05, 4.69) is 5.32 Å². The molecule has 0 saturated carbocycles. The van der Waals surface area contributed by atoms with Gasteiger partial charge in [-0.25, -0.2) is 0 Å². The van der Waals surface area contributed by atoms with Crippen LogP contribution in [0.3, 0.4) is 0 Å². The highest BCUT2D eigenvalue weighted by Gasteiger charge is 2.42. The fraction of sp³-hybridized carbons (Fsp3) is 0.333. The van der Waals surface area contributed by atoms with Crippen molar-refractivity contribution >= 4 is 17.5 Å². The molecule has 0 fully saturated rings. The summed E-state index contributed by atoms with van der Waals surface area (Å²) in [4.78, 5) is 26.3. The van der Waals surface area contributed by atoms with Crippen molar-refractivity contribution in [3.63, 3.8) is 0 Å². The molecule has 0 aliphatic carbocycles. The number of rotatable bonds is 4. The first kappa shape index (κ1) is 17.2. The summed E-state index contributed by atoms with van der Waals surface area (Å²) in [5, 5.41) is 2.98. The number of aryl methyl sites for hydroxylation is 1. The molecule has 25 heavy (non-hydrogen) atoms. The summed E-state index contributed by atoms with van der Waals surface area (Å²) >= 11 is 0. The van der Waals surface area contributed by atoms with Crippen LogP contribution in [0, 0.1) is 6.92 Å². The van der Waals surface area contributed by atoms with Crippen LogP contribution in [-0.2, 0) is 28.0 Å². The van der Waals surface area contributed by atoms with Gasteiger partial charge in [-0.15, -0.1) is 0 Å². The van der Waals surface area contributed by atoms with Crippen molar-refractivity contribution in [1.82, 2.24) is 5.32 Å². The van der Waals surface area contributed by atoms with Crippen molar-refractivity contribution in [2.24, 2.45) is 0 Å². The lowest BCUT2D eigenvalue weighted by molar-refractivity contribution is -0.122. The molecule has 1 heterocycles. The smallest absolute Gasteiger partial charge is 0.236 e. The zero-order valence-corrected chi connectivity index (χ0v) is 15.2. The zero-order valence-electron chi connectivity index (χ0n) is 15.2. The van der Waals surface area contributed by atoms with Crippen LogP contribution in [0.2, 0.25) is 0 Å². The lowest BCUT2D eigenvalue weighted by Crippen LogP contribution is -2.33. The van der Waals surface area contributed by atoms with Gasteiger partial charge in [0.25, 0.3) is 0 Å². The lowest BCUT2D eigenvalue weighted by atomic mass is 9.85. The molecule has 1 N–H and O–H groups in total. The SMILES string of the molecule is Cc1ccccc1CNC(=O)Cc1ccc2c(c1)C(C)(C)C(=O)N2C. The van der Waals surface area contributed by atoms with E-state index in [9.17, 15) is 9.59 Å². The lowest BCUT2D eigenvalue weighted by Gasteiger charge is -2.16.